The third-order valence-corrected chi connectivity index (χ3v) is 2.03. The zero-order chi connectivity index (χ0) is 11.6. The second kappa shape index (κ2) is 4.15. The molecule has 0 fully saturated rings. The lowest BCUT2D eigenvalue weighted by Crippen LogP contribution is -2.19. The normalized spacial score (nSPS) is 13.7. The Morgan fingerprint density at radius 1 is 1.33 bits per heavy atom. The number of benzene rings is 1. The van der Waals surface area contributed by atoms with Crippen LogP contribution >= 0.6 is 0 Å². The minimum absolute atomic E-state index is 0.692. The van der Waals surface area contributed by atoms with Gasteiger partial charge in [-0.15, -0.1) is 13.2 Å². The van der Waals surface area contributed by atoms with Gasteiger partial charge in [0.25, 0.3) is 0 Å². The second-order valence-corrected chi connectivity index (χ2v) is 3.30. The Hall–Kier alpha value is -1.15. The van der Waals surface area contributed by atoms with E-state index in [1.807, 2.05) is 0 Å². The van der Waals surface area contributed by atoms with E-state index in [0.29, 0.717) is 6.07 Å². The highest BCUT2D eigenvalue weighted by Gasteiger charge is 2.34. The van der Waals surface area contributed by atoms with Crippen LogP contribution in [0.1, 0.15) is 0 Å². The molecule has 1 N–H and O–H groups in total. The van der Waals surface area contributed by atoms with Gasteiger partial charge in [-0.05, 0) is 12.1 Å². The summed E-state index contributed by atoms with van der Waals surface area (Å²) in [6.45, 7) is 0. The molecule has 1 atom stereocenters. The van der Waals surface area contributed by atoms with Crippen LogP contribution in [-0.4, -0.2) is 15.1 Å². The molecule has 0 aromatic heterocycles. The Bertz CT molecular complexity index is 390. The molecule has 0 spiro atoms. The lowest BCUT2D eigenvalue weighted by atomic mass is 10.3. The van der Waals surface area contributed by atoms with Crippen molar-refractivity contribution in [3.8, 4) is 5.75 Å². The third kappa shape index (κ3) is 3.17. The number of ether oxygens (including phenoxy) is 1. The van der Waals surface area contributed by atoms with Gasteiger partial charge in [-0.25, -0.2) is 8.60 Å². The van der Waals surface area contributed by atoms with Crippen LogP contribution < -0.4 is 4.74 Å². The Morgan fingerprint density at radius 3 is 2.40 bits per heavy atom. The first-order chi connectivity index (χ1) is 6.81. The first-order valence-corrected chi connectivity index (χ1v) is 4.57. The molecule has 0 radical (unpaired) electrons. The van der Waals surface area contributed by atoms with E-state index in [-0.39, 0.29) is 0 Å². The monoisotopic (exact) mass is 244 g/mol. The Morgan fingerprint density at radius 2 is 1.93 bits per heavy atom. The van der Waals surface area contributed by atoms with E-state index in [4.69, 9.17) is 4.55 Å². The van der Waals surface area contributed by atoms with Crippen LogP contribution in [0.2, 0.25) is 0 Å². The maximum atomic E-state index is 12.9. The van der Waals surface area contributed by atoms with Crippen molar-refractivity contribution in [2.45, 2.75) is 11.3 Å². The predicted molar refractivity (Wildman–Crippen MR) is 42.1 cm³/mol. The minimum Gasteiger partial charge on any atom is -0.401 e. The third-order valence-electron chi connectivity index (χ3n) is 1.34. The SMILES string of the molecule is O=S(O)c1cccc(F)c1OC(F)(F)F. The first kappa shape index (κ1) is 11.9. The van der Waals surface area contributed by atoms with Crippen molar-refractivity contribution < 1.29 is 31.1 Å². The molecule has 84 valence electrons. The summed E-state index contributed by atoms with van der Waals surface area (Å²) < 4.78 is 70.7. The minimum atomic E-state index is -5.11. The van der Waals surface area contributed by atoms with Crippen LogP contribution in [0.3, 0.4) is 0 Å². The number of hydrogen-bond acceptors (Lipinski definition) is 2. The van der Waals surface area contributed by atoms with E-state index >= 15 is 0 Å². The van der Waals surface area contributed by atoms with Gasteiger partial charge in [0.2, 0.25) is 0 Å². The molecule has 15 heavy (non-hydrogen) atoms. The van der Waals surface area contributed by atoms with Crippen molar-refractivity contribution in [3.05, 3.63) is 24.0 Å². The van der Waals surface area contributed by atoms with E-state index in [1.165, 1.54) is 0 Å². The standard InChI is InChI=1S/C7H4F4O3S/c8-4-2-1-3-5(15(12)13)6(4)14-7(9,10)11/h1-3H,(H,12,13). The number of para-hydroxylation sites is 1. The van der Waals surface area contributed by atoms with Gasteiger partial charge in [-0.2, -0.15) is 0 Å². The molecule has 0 amide bonds. The van der Waals surface area contributed by atoms with Gasteiger partial charge in [0.05, 0.1) is 0 Å². The molecular weight excluding hydrogens is 240 g/mol. The number of halogens is 4. The summed E-state index contributed by atoms with van der Waals surface area (Å²) in [4.78, 5) is -0.771. The first-order valence-electron chi connectivity index (χ1n) is 3.46. The van der Waals surface area contributed by atoms with Crippen LogP contribution in [0.25, 0.3) is 0 Å². The molecule has 0 aliphatic rings. The summed E-state index contributed by atoms with van der Waals surface area (Å²) in [5, 5.41) is 0. The number of hydrogen-bond donors (Lipinski definition) is 1. The van der Waals surface area contributed by atoms with Crippen molar-refractivity contribution >= 4 is 11.1 Å². The maximum absolute atomic E-state index is 12.9. The highest BCUT2D eigenvalue weighted by atomic mass is 32.2. The highest BCUT2D eigenvalue weighted by Crippen LogP contribution is 2.30. The molecule has 0 aliphatic carbocycles. The van der Waals surface area contributed by atoms with Crippen molar-refractivity contribution in [3.63, 3.8) is 0 Å². The molecule has 0 aliphatic heterocycles. The van der Waals surface area contributed by atoms with Crippen LogP contribution in [0.4, 0.5) is 17.6 Å². The zero-order valence-electron chi connectivity index (χ0n) is 6.92. The molecule has 0 saturated carbocycles. The summed E-state index contributed by atoms with van der Waals surface area (Å²) in [6.07, 6.45) is -5.11. The Balaban J connectivity index is 3.19. The fourth-order valence-corrected chi connectivity index (χ4v) is 1.33. The summed E-state index contributed by atoms with van der Waals surface area (Å²) in [5.41, 5.74) is 0. The summed E-state index contributed by atoms with van der Waals surface area (Å²) in [5.74, 6) is -2.64. The second-order valence-electron chi connectivity index (χ2n) is 2.36. The molecule has 0 heterocycles. The molecule has 1 aromatic carbocycles. The fourth-order valence-electron chi connectivity index (χ4n) is 0.841. The van der Waals surface area contributed by atoms with Crippen LogP contribution in [0.15, 0.2) is 23.1 Å². The lowest BCUT2D eigenvalue weighted by Gasteiger charge is -2.11. The molecule has 1 rings (SSSR count). The van der Waals surface area contributed by atoms with E-state index < -0.39 is 33.9 Å². The van der Waals surface area contributed by atoms with Crippen molar-refractivity contribution in [2.75, 3.05) is 0 Å². The van der Waals surface area contributed by atoms with E-state index in [0.717, 1.165) is 12.1 Å². The highest BCUT2D eigenvalue weighted by molar-refractivity contribution is 7.79. The van der Waals surface area contributed by atoms with Gasteiger partial charge in [0.1, 0.15) is 4.90 Å². The zero-order valence-corrected chi connectivity index (χ0v) is 7.73. The molecule has 0 saturated heterocycles. The lowest BCUT2D eigenvalue weighted by molar-refractivity contribution is -0.276. The Labute approximate surface area is 83.9 Å². The largest absolute Gasteiger partial charge is 0.573 e. The van der Waals surface area contributed by atoms with Gasteiger partial charge in [0, 0.05) is 0 Å². The van der Waals surface area contributed by atoms with Gasteiger partial charge in [-0.3, -0.25) is 0 Å². The van der Waals surface area contributed by atoms with Crippen LogP contribution in [0.5, 0.6) is 5.75 Å². The molecule has 1 unspecified atom stereocenters. The molecule has 0 bridgehead atoms. The van der Waals surface area contributed by atoms with Crippen LogP contribution in [0, 0.1) is 5.82 Å². The fraction of sp³-hybridized carbons (Fsp3) is 0.143. The van der Waals surface area contributed by atoms with E-state index in [2.05, 4.69) is 4.74 Å². The summed E-state index contributed by atoms with van der Waals surface area (Å²) in [6, 6.07) is 2.56. The Kier molecular flexibility index (Phi) is 3.30. The topological polar surface area (TPSA) is 46.5 Å². The van der Waals surface area contributed by atoms with Crippen molar-refractivity contribution in [1.29, 1.82) is 0 Å². The number of alkyl halides is 3. The molecule has 8 heteroatoms. The summed E-state index contributed by atoms with van der Waals surface area (Å²) in [7, 11) is 0. The number of rotatable bonds is 2. The van der Waals surface area contributed by atoms with E-state index in [1.54, 1.807) is 0 Å². The van der Waals surface area contributed by atoms with E-state index in [9.17, 15) is 21.8 Å². The van der Waals surface area contributed by atoms with Gasteiger partial charge < -0.3 is 9.29 Å². The van der Waals surface area contributed by atoms with Gasteiger partial charge >= 0.3 is 6.36 Å². The molecule has 1 aromatic rings. The average molecular weight is 244 g/mol. The van der Waals surface area contributed by atoms with Crippen molar-refractivity contribution in [1.82, 2.24) is 0 Å². The predicted octanol–water partition coefficient (Wildman–Crippen LogP) is 2.30. The quantitative estimate of drug-likeness (QED) is 0.641. The average Bonchev–Trinajstić information content (AvgIpc) is 2.05. The molecule has 3 nitrogen and oxygen atoms in total. The van der Waals surface area contributed by atoms with Gasteiger partial charge in [0.15, 0.2) is 22.6 Å². The maximum Gasteiger partial charge on any atom is 0.573 e. The van der Waals surface area contributed by atoms with Crippen LogP contribution in [-0.2, 0) is 11.1 Å². The molecular formula is C7H4F4O3S. The van der Waals surface area contributed by atoms with Crippen molar-refractivity contribution in [2.24, 2.45) is 0 Å². The smallest absolute Gasteiger partial charge is 0.401 e. The summed E-state index contributed by atoms with van der Waals surface area (Å²) >= 11 is -2.75. The van der Waals surface area contributed by atoms with Gasteiger partial charge in [-0.1, -0.05) is 6.07 Å².